The zero-order valence-electron chi connectivity index (χ0n) is 16.2. The second-order valence-electron chi connectivity index (χ2n) is 6.75. The van der Waals surface area contributed by atoms with Crippen LogP contribution in [0.2, 0.25) is 0 Å². The van der Waals surface area contributed by atoms with E-state index in [1.807, 2.05) is 0 Å². The number of sulfonamides is 1. The lowest BCUT2D eigenvalue weighted by Gasteiger charge is -2.12. The van der Waals surface area contributed by atoms with Crippen molar-refractivity contribution in [1.29, 1.82) is 0 Å². The molecule has 29 heavy (non-hydrogen) atoms. The molecule has 10 heteroatoms. The summed E-state index contributed by atoms with van der Waals surface area (Å²) >= 11 is 0. The Morgan fingerprint density at radius 3 is 2.38 bits per heavy atom. The molecule has 0 bridgehead atoms. The standard InChI is InChI=1S/C19H23N3O6S/c1-12-10-17(13(2)28-12)19(24)22-21-18(23)14-5-7-16(8-6-14)29(25,26)20-11-15-4-3-9-27-15/h5-8,10,15,20H,3-4,9,11H2,1-2H3,(H,21,23)(H,22,24)/t15-/m0/s1. The molecular weight excluding hydrogens is 398 g/mol. The van der Waals surface area contributed by atoms with E-state index in [0.29, 0.717) is 23.7 Å². The van der Waals surface area contributed by atoms with E-state index in [2.05, 4.69) is 15.6 Å². The molecule has 2 amide bonds. The van der Waals surface area contributed by atoms with Gasteiger partial charge in [-0.3, -0.25) is 20.4 Å². The van der Waals surface area contributed by atoms with Crippen LogP contribution in [0.3, 0.4) is 0 Å². The number of hydrogen-bond donors (Lipinski definition) is 3. The van der Waals surface area contributed by atoms with Crippen LogP contribution in [0.1, 0.15) is 45.1 Å². The van der Waals surface area contributed by atoms with Crippen LogP contribution in [0, 0.1) is 13.8 Å². The summed E-state index contributed by atoms with van der Waals surface area (Å²) in [7, 11) is -3.70. The molecule has 0 saturated carbocycles. The number of furan rings is 1. The number of benzene rings is 1. The van der Waals surface area contributed by atoms with Gasteiger partial charge in [0.05, 0.1) is 16.6 Å². The molecule has 1 atom stereocenters. The van der Waals surface area contributed by atoms with Crippen LogP contribution in [0.15, 0.2) is 39.6 Å². The van der Waals surface area contributed by atoms with Gasteiger partial charge in [-0.25, -0.2) is 13.1 Å². The van der Waals surface area contributed by atoms with Crippen LogP contribution in [-0.4, -0.2) is 39.5 Å². The third kappa shape index (κ3) is 5.22. The number of hydrazine groups is 1. The van der Waals surface area contributed by atoms with Crippen LogP contribution >= 0.6 is 0 Å². The SMILES string of the molecule is Cc1cc(C(=O)NNC(=O)c2ccc(S(=O)(=O)NC[C@@H]3CCCO3)cc2)c(C)o1. The van der Waals surface area contributed by atoms with E-state index < -0.39 is 21.8 Å². The Morgan fingerprint density at radius 1 is 1.10 bits per heavy atom. The Morgan fingerprint density at radius 2 is 1.79 bits per heavy atom. The molecule has 1 aliphatic rings. The second kappa shape index (κ2) is 8.76. The molecule has 1 aromatic heterocycles. The van der Waals surface area contributed by atoms with Gasteiger partial charge < -0.3 is 9.15 Å². The number of aryl methyl sites for hydroxylation is 2. The lowest BCUT2D eigenvalue weighted by Crippen LogP contribution is -2.41. The molecule has 0 spiro atoms. The van der Waals surface area contributed by atoms with Gasteiger partial charge in [0.25, 0.3) is 11.8 Å². The van der Waals surface area contributed by atoms with Gasteiger partial charge in [-0.1, -0.05) is 0 Å². The van der Waals surface area contributed by atoms with Crippen LogP contribution in [0.25, 0.3) is 0 Å². The van der Waals surface area contributed by atoms with Crippen molar-refractivity contribution < 1.29 is 27.2 Å². The fourth-order valence-corrected chi connectivity index (χ4v) is 4.05. The fraction of sp³-hybridized carbons (Fsp3) is 0.368. The number of hydrogen-bond acceptors (Lipinski definition) is 6. The molecule has 1 aliphatic heterocycles. The highest BCUT2D eigenvalue weighted by atomic mass is 32.2. The lowest BCUT2D eigenvalue weighted by molar-refractivity contribution is 0.0845. The number of carbonyl (C=O) groups excluding carboxylic acids is 2. The lowest BCUT2D eigenvalue weighted by atomic mass is 10.2. The molecule has 0 aliphatic carbocycles. The molecule has 2 heterocycles. The molecule has 1 saturated heterocycles. The average Bonchev–Trinajstić information content (AvgIpc) is 3.33. The van der Waals surface area contributed by atoms with E-state index in [4.69, 9.17) is 9.15 Å². The Labute approximate surface area is 168 Å². The van der Waals surface area contributed by atoms with Gasteiger partial charge in [-0.2, -0.15) is 0 Å². The van der Waals surface area contributed by atoms with Gasteiger partial charge in [0.2, 0.25) is 10.0 Å². The summed E-state index contributed by atoms with van der Waals surface area (Å²) in [4.78, 5) is 24.3. The Bertz CT molecular complexity index is 991. The van der Waals surface area contributed by atoms with Crippen molar-refractivity contribution in [1.82, 2.24) is 15.6 Å². The maximum Gasteiger partial charge on any atom is 0.273 e. The first kappa shape index (κ1) is 21.0. The van der Waals surface area contributed by atoms with E-state index in [1.165, 1.54) is 24.3 Å². The maximum absolute atomic E-state index is 12.3. The van der Waals surface area contributed by atoms with Crippen molar-refractivity contribution in [2.45, 2.75) is 37.7 Å². The van der Waals surface area contributed by atoms with E-state index in [1.54, 1.807) is 19.9 Å². The van der Waals surface area contributed by atoms with Gasteiger partial charge in [-0.05, 0) is 57.0 Å². The maximum atomic E-state index is 12.3. The van der Waals surface area contributed by atoms with Crippen molar-refractivity contribution in [3.63, 3.8) is 0 Å². The summed E-state index contributed by atoms with van der Waals surface area (Å²) in [6.45, 7) is 4.22. The summed E-state index contributed by atoms with van der Waals surface area (Å²) < 4.78 is 37.9. The first-order valence-electron chi connectivity index (χ1n) is 9.15. The van der Waals surface area contributed by atoms with Crippen LogP contribution in [0.5, 0.6) is 0 Å². The van der Waals surface area contributed by atoms with Crippen LogP contribution < -0.4 is 15.6 Å². The van der Waals surface area contributed by atoms with Crippen LogP contribution in [-0.2, 0) is 14.8 Å². The molecule has 3 rings (SSSR count). The smallest absolute Gasteiger partial charge is 0.273 e. The zero-order chi connectivity index (χ0) is 21.0. The van der Waals surface area contributed by atoms with Crippen molar-refractivity contribution in [2.75, 3.05) is 13.2 Å². The largest absolute Gasteiger partial charge is 0.466 e. The quantitative estimate of drug-likeness (QED) is 0.606. The van der Waals surface area contributed by atoms with Crippen molar-refractivity contribution in [2.24, 2.45) is 0 Å². The van der Waals surface area contributed by atoms with Gasteiger partial charge in [0, 0.05) is 18.7 Å². The van der Waals surface area contributed by atoms with Crippen molar-refractivity contribution in [3.05, 3.63) is 53.0 Å². The highest BCUT2D eigenvalue weighted by Crippen LogP contribution is 2.15. The molecule has 0 radical (unpaired) electrons. The van der Waals surface area contributed by atoms with Gasteiger partial charge in [-0.15, -0.1) is 0 Å². The summed E-state index contributed by atoms with van der Waals surface area (Å²) in [6, 6.07) is 6.97. The molecular formula is C19H23N3O6S. The number of amides is 2. The third-order valence-corrected chi connectivity index (χ3v) is 5.97. The number of nitrogens with one attached hydrogen (secondary N) is 3. The first-order chi connectivity index (χ1) is 13.8. The predicted molar refractivity (Wildman–Crippen MR) is 104 cm³/mol. The Kier molecular flexibility index (Phi) is 6.36. The second-order valence-corrected chi connectivity index (χ2v) is 8.51. The zero-order valence-corrected chi connectivity index (χ0v) is 17.0. The minimum absolute atomic E-state index is 0.0422. The highest BCUT2D eigenvalue weighted by molar-refractivity contribution is 7.89. The van der Waals surface area contributed by atoms with Gasteiger partial charge in [0.1, 0.15) is 11.5 Å². The third-order valence-electron chi connectivity index (χ3n) is 4.53. The summed E-state index contributed by atoms with van der Waals surface area (Å²) in [5.74, 6) is -0.0547. The molecule has 156 valence electrons. The molecule has 2 aromatic rings. The van der Waals surface area contributed by atoms with E-state index in [-0.39, 0.29) is 23.1 Å². The molecule has 1 aromatic carbocycles. The topological polar surface area (TPSA) is 127 Å². The van der Waals surface area contributed by atoms with Crippen molar-refractivity contribution in [3.8, 4) is 0 Å². The average molecular weight is 421 g/mol. The van der Waals surface area contributed by atoms with Crippen LogP contribution in [0.4, 0.5) is 0 Å². The normalized spacial score (nSPS) is 16.6. The number of carbonyl (C=O) groups is 2. The number of ether oxygens (including phenoxy) is 1. The summed E-state index contributed by atoms with van der Waals surface area (Å²) in [5, 5.41) is 0. The van der Waals surface area contributed by atoms with Gasteiger partial charge in [0.15, 0.2) is 0 Å². The van der Waals surface area contributed by atoms with E-state index >= 15 is 0 Å². The van der Waals surface area contributed by atoms with E-state index in [9.17, 15) is 18.0 Å². The Hall–Kier alpha value is -2.69. The molecule has 3 N–H and O–H groups in total. The fourth-order valence-electron chi connectivity index (χ4n) is 2.99. The minimum atomic E-state index is -3.70. The Balaban J connectivity index is 1.56. The molecule has 1 fully saturated rings. The highest BCUT2D eigenvalue weighted by Gasteiger charge is 2.21. The summed E-state index contributed by atoms with van der Waals surface area (Å²) in [6.07, 6.45) is 1.64. The summed E-state index contributed by atoms with van der Waals surface area (Å²) in [5.41, 5.74) is 5.12. The minimum Gasteiger partial charge on any atom is -0.466 e. The molecule has 9 nitrogen and oxygen atoms in total. The number of rotatable bonds is 6. The van der Waals surface area contributed by atoms with Gasteiger partial charge >= 0.3 is 0 Å². The van der Waals surface area contributed by atoms with E-state index in [0.717, 1.165) is 12.8 Å². The molecule has 0 unspecified atom stereocenters. The predicted octanol–water partition coefficient (Wildman–Crippen LogP) is 1.43. The monoisotopic (exact) mass is 421 g/mol. The first-order valence-corrected chi connectivity index (χ1v) is 10.6. The van der Waals surface area contributed by atoms with Crippen molar-refractivity contribution >= 4 is 21.8 Å².